The smallest absolute Gasteiger partial charge is 0.00272 e. The lowest BCUT2D eigenvalue weighted by molar-refractivity contribution is 1.41. The summed E-state index contributed by atoms with van der Waals surface area (Å²) in [6.07, 6.45) is 5.52. The molecule has 0 radical (unpaired) electrons. The summed E-state index contributed by atoms with van der Waals surface area (Å²) in [6, 6.07) is 0. The van der Waals surface area contributed by atoms with Gasteiger partial charge < -0.3 is 0 Å². The normalized spacial score (nSPS) is 19.1. The Morgan fingerprint density at radius 2 is 2.43 bits per heavy atom. The molecule has 1 heteroatoms. The SMILES string of the molecule is CC1=C(I)CC=C1. The van der Waals surface area contributed by atoms with Gasteiger partial charge in [0, 0.05) is 0 Å². The Morgan fingerprint density at radius 1 is 1.71 bits per heavy atom. The van der Waals surface area contributed by atoms with Gasteiger partial charge >= 0.3 is 0 Å². The summed E-state index contributed by atoms with van der Waals surface area (Å²) in [5.41, 5.74) is 1.43. The largest absolute Gasteiger partial charge is 0.0794 e. The summed E-state index contributed by atoms with van der Waals surface area (Å²) in [4.78, 5) is 0. The van der Waals surface area contributed by atoms with E-state index in [0.717, 1.165) is 6.42 Å². The molecular weight excluding hydrogens is 199 g/mol. The van der Waals surface area contributed by atoms with Crippen LogP contribution in [0, 0.1) is 0 Å². The van der Waals surface area contributed by atoms with Crippen LogP contribution < -0.4 is 0 Å². The fourth-order valence-corrected chi connectivity index (χ4v) is 1.02. The minimum Gasteiger partial charge on any atom is -0.0794 e. The second-order valence-corrected chi connectivity index (χ2v) is 3.00. The summed E-state index contributed by atoms with van der Waals surface area (Å²) < 4.78 is 1.48. The minimum atomic E-state index is 1.16. The zero-order valence-corrected chi connectivity index (χ0v) is 6.40. The quantitative estimate of drug-likeness (QED) is 0.534. The van der Waals surface area contributed by atoms with Crippen molar-refractivity contribution in [1.82, 2.24) is 0 Å². The summed E-state index contributed by atoms with van der Waals surface area (Å²) >= 11 is 2.38. The maximum Gasteiger partial charge on any atom is -0.00272 e. The molecule has 0 bridgehead atoms. The molecule has 0 unspecified atom stereocenters. The number of hydrogen-bond donors (Lipinski definition) is 0. The van der Waals surface area contributed by atoms with Gasteiger partial charge in [0.2, 0.25) is 0 Å². The molecule has 0 atom stereocenters. The van der Waals surface area contributed by atoms with Gasteiger partial charge in [0.05, 0.1) is 0 Å². The van der Waals surface area contributed by atoms with Crippen LogP contribution in [0.2, 0.25) is 0 Å². The van der Waals surface area contributed by atoms with Crippen LogP contribution in [0.15, 0.2) is 21.3 Å². The number of rotatable bonds is 0. The van der Waals surface area contributed by atoms with Gasteiger partial charge in [-0.05, 0) is 45.1 Å². The summed E-state index contributed by atoms with van der Waals surface area (Å²) in [7, 11) is 0. The van der Waals surface area contributed by atoms with Gasteiger partial charge in [-0.3, -0.25) is 0 Å². The molecule has 0 N–H and O–H groups in total. The van der Waals surface area contributed by atoms with Crippen LogP contribution in [0.3, 0.4) is 0 Å². The van der Waals surface area contributed by atoms with Gasteiger partial charge in [-0.1, -0.05) is 12.2 Å². The van der Waals surface area contributed by atoms with Crippen molar-refractivity contribution in [2.75, 3.05) is 0 Å². The second kappa shape index (κ2) is 1.99. The average Bonchev–Trinajstić information content (AvgIpc) is 1.91. The minimum absolute atomic E-state index is 1.16. The highest BCUT2D eigenvalue weighted by molar-refractivity contribution is 14.1. The van der Waals surface area contributed by atoms with Gasteiger partial charge in [-0.25, -0.2) is 0 Å². The molecule has 0 spiro atoms. The van der Waals surface area contributed by atoms with E-state index in [4.69, 9.17) is 0 Å². The summed E-state index contributed by atoms with van der Waals surface area (Å²) in [5.74, 6) is 0. The van der Waals surface area contributed by atoms with Crippen molar-refractivity contribution in [3.63, 3.8) is 0 Å². The molecule has 0 heterocycles. The third kappa shape index (κ3) is 1.06. The maximum atomic E-state index is 2.38. The van der Waals surface area contributed by atoms with Crippen LogP contribution in [-0.2, 0) is 0 Å². The maximum absolute atomic E-state index is 2.38. The zero-order valence-electron chi connectivity index (χ0n) is 4.24. The predicted molar refractivity (Wildman–Crippen MR) is 40.5 cm³/mol. The number of halogens is 1. The Morgan fingerprint density at radius 3 is 2.57 bits per heavy atom. The molecule has 0 aromatic rings. The van der Waals surface area contributed by atoms with Gasteiger partial charge in [0.25, 0.3) is 0 Å². The Bertz CT molecular complexity index is 131. The van der Waals surface area contributed by atoms with E-state index in [9.17, 15) is 0 Å². The summed E-state index contributed by atoms with van der Waals surface area (Å²) in [5, 5.41) is 0. The molecule has 1 aliphatic rings. The van der Waals surface area contributed by atoms with Crippen molar-refractivity contribution in [2.24, 2.45) is 0 Å². The van der Waals surface area contributed by atoms with Gasteiger partial charge in [0.1, 0.15) is 0 Å². The van der Waals surface area contributed by atoms with Crippen LogP contribution >= 0.6 is 22.6 Å². The van der Waals surface area contributed by atoms with Crippen molar-refractivity contribution in [1.29, 1.82) is 0 Å². The van der Waals surface area contributed by atoms with Crippen LogP contribution in [0.4, 0.5) is 0 Å². The van der Waals surface area contributed by atoms with E-state index in [1.54, 1.807) is 0 Å². The van der Waals surface area contributed by atoms with Crippen LogP contribution in [0.1, 0.15) is 13.3 Å². The number of allylic oxidation sites excluding steroid dienone is 4. The fraction of sp³-hybridized carbons (Fsp3) is 0.333. The molecule has 0 aromatic carbocycles. The average molecular weight is 206 g/mol. The highest BCUT2D eigenvalue weighted by atomic mass is 127. The molecule has 38 valence electrons. The first-order chi connectivity index (χ1) is 3.30. The Labute approximate surface area is 57.4 Å². The van der Waals surface area contributed by atoms with Gasteiger partial charge in [-0.15, -0.1) is 0 Å². The topological polar surface area (TPSA) is 0 Å². The Hall–Kier alpha value is 0.210. The first-order valence-corrected chi connectivity index (χ1v) is 3.40. The van der Waals surface area contributed by atoms with Gasteiger partial charge in [0.15, 0.2) is 0 Å². The fourth-order valence-electron chi connectivity index (χ4n) is 0.591. The molecule has 0 aromatic heterocycles. The van der Waals surface area contributed by atoms with E-state index >= 15 is 0 Å². The van der Waals surface area contributed by atoms with E-state index in [2.05, 4.69) is 41.7 Å². The molecule has 0 amide bonds. The van der Waals surface area contributed by atoms with Crippen molar-refractivity contribution >= 4 is 22.6 Å². The lowest BCUT2D eigenvalue weighted by atomic mass is 10.3. The molecule has 7 heavy (non-hydrogen) atoms. The highest BCUT2D eigenvalue weighted by Crippen LogP contribution is 2.23. The molecule has 0 aliphatic heterocycles. The molecule has 0 nitrogen and oxygen atoms in total. The standard InChI is InChI=1S/C6H7I/c1-5-3-2-4-6(5)7/h2-3H,4H2,1H3. The third-order valence-electron chi connectivity index (χ3n) is 1.09. The van der Waals surface area contributed by atoms with Crippen molar-refractivity contribution in [3.8, 4) is 0 Å². The van der Waals surface area contributed by atoms with Crippen LogP contribution in [-0.4, -0.2) is 0 Å². The highest BCUT2D eigenvalue weighted by Gasteiger charge is 1.97. The van der Waals surface area contributed by atoms with Crippen LogP contribution in [0.25, 0.3) is 0 Å². The molecule has 0 saturated heterocycles. The predicted octanol–water partition coefficient (Wildman–Crippen LogP) is 2.66. The van der Waals surface area contributed by atoms with E-state index in [-0.39, 0.29) is 0 Å². The zero-order chi connectivity index (χ0) is 5.28. The molecule has 1 aliphatic carbocycles. The van der Waals surface area contributed by atoms with Crippen molar-refractivity contribution in [3.05, 3.63) is 21.3 Å². The lowest BCUT2D eigenvalue weighted by Gasteiger charge is -1.85. The Kier molecular flexibility index (Phi) is 1.52. The van der Waals surface area contributed by atoms with Crippen molar-refractivity contribution in [2.45, 2.75) is 13.3 Å². The lowest BCUT2D eigenvalue weighted by Crippen LogP contribution is -1.62. The summed E-state index contributed by atoms with van der Waals surface area (Å²) in [6.45, 7) is 2.14. The first kappa shape index (κ1) is 5.35. The third-order valence-corrected chi connectivity index (χ3v) is 2.38. The molecule has 0 fully saturated rings. The van der Waals surface area contributed by atoms with Crippen molar-refractivity contribution < 1.29 is 0 Å². The van der Waals surface area contributed by atoms with E-state index < -0.39 is 0 Å². The first-order valence-electron chi connectivity index (χ1n) is 2.32. The monoisotopic (exact) mass is 206 g/mol. The molecular formula is C6H7I. The van der Waals surface area contributed by atoms with Crippen LogP contribution in [0.5, 0.6) is 0 Å². The van der Waals surface area contributed by atoms with E-state index in [0.29, 0.717) is 0 Å². The van der Waals surface area contributed by atoms with E-state index in [1.165, 1.54) is 9.15 Å². The molecule has 0 saturated carbocycles. The Balaban J connectivity index is 2.79. The van der Waals surface area contributed by atoms with E-state index in [1.807, 2.05) is 0 Å². The second-order valence-electron chi connectivity index (χ2n) is 1.69. The molecule has 1 rings (SSSR count). The number of hydrogen-bond acceptors (Lipinski definition) is 0. The van der Waals surface area contributed by atoms with Gasteiger partial charge in [-0.2, -0.15) is 0 Å².